The Bertz CT molecular complexity index is 435. The summed E-state index contributed by atoms with van der Waals surface area (Å²) in [6.07, 6.45) is 2.65. The molecular weight excluding hydrogens is 270 g/mol. The molecule has 0 aromatic carbocycles. The maximum Gasteiger partial charge on any atom is 0.238 e. The zero-order valence-electron chi connectivity index (χ0n) is 11.4. The van der Waals surface area contributed by atoms with Crippen molar-refractivity contribution in [2.24, 2.45) is 0 Å². The van der Waals surface area contributed by atoms with E-state index in [-0.39, 0.29) is 24.2 Å². The fourth-order valence-corrected chi connectivity index (χ4v) is 3.54. The molecule has 6 nitrogen and oxygen atoms in total. The predicted octanol–water partition coefficient (Wildman–Crippen LogP) is -0.174. The van der Waals surface area contributed by atoms with E-state index in [1.54, 1.807) is 4.90 Å². The molecule has 1 heterocycles. The third-order valence-electron chi connectivity index (χ3n) is 3.62. The topological polar surface area (TPSA) is 72.9 Å². The Morgan fingerprint density at radius 1 is 1.42 bits per heavy atom. The van der Waals surface area contributed by atoms with Crippen molar-refractivity contribution in [1.82, 2.24) is 4.90 Å². The quantitative estimate of drug-likeness (QED) is 0.719. The molecule has 0 radical (unpaired) electrons. The highest BCUT2D eigenvalue weighted by atomic mass is 32.2. The molecular formula is C12H21NO5S. The minimum atomic E-state index is -3.29. The summed E-state index contributed by atoms with van der Waals surface area (Å²) in [7, 11) is -3.29. The lowest BCUT2D eigenvalue weighted by atomic mass is 10.1. The van der Waals surface area contributed by atoms with Crippen LogP contribution >= 0.6 is 0 Å². The van der Waals surface area contributed by atoms with Gasteiger partial charge in [0.2, 0.25) is 5.91 Å². The Morgan fingerprint density at radius 2 is 2.16 bits per heavy atom. The fraction of sp³-hybridized carbons (Fsp3) is 0.917. The van der Waals surface area contributed by atoms with Crippen LogP contribution in [0.15, 0.2) is 0 Å². The number of hydrogen-bond donors (Lipinski definition) is 0. The van der Waals surface area contributed by atoms with E-state index in [0.717, 1.165) is 19.1 Å². The maximum atomic E-state index is 12.1. The fourth-order valence-electron chi connectivity index (χ4n) is 2.92. The van der Waals surface area contributed by atoms with Crippen LogP contribution in [0, 0.1) is 0 Å². The Kier molecular flexibility index (Phi) is 4.47. The lowest BCUT2D eigenvalue weighted by Gasteiger charge is -2.39. The molecule has 0 bridgehead atoms. The Labute approximate surface area is 114 Å². The first-order chi connectivity index (χ1) is 8.92. The average molecular weight is 291 g/mol. The van der Waals surface area contributed by atoms with Crippen molar-refractivity contribution < 1.29 is 22.7 Å². The zero-order valence-corrected chi connectivity index (χ0v) is 12.2. The zero-order chi connectivity index (χ0) is 14.0. The van der Waals surface area contributed by atoms with Crippen LogP contribution in [-0.2, 0) is 24.1 Å². The predicted molar refractivity (Wildman–Crippen MR) is 69.6 cm³/mol. The van der Waals surface area contributed by atoms with Gasteiger partial charge in [-0.15, -0.1) is 0 Å². The average Bonchev–Trinajstić information content (AvgIpc) is 2.71. The van der Waals surface area contributed by atoms with Gasteiger partial charge in [0.25, 0.3) is 0 Å². The Hall–Kier alpha value is -0.660. The van der Waals surface area contributed by atoms with E-state index in [4.69, 9.17) is 9.47 Å². The molecule has 0 unspecified atom stereocenters. The highest BCUT2D eigenvalue weighted by Crippen LogP contribution is 2.32. The van der Waals surface area contributed by atoms with Crippen molar-refractivity contribution in [1.29, 1.82) is 0 Å². The molecule has 7 heteroatoms. The number of fused-ring (bicyclic) bond motifs is 1. The molecule has 2 aliphatic rings. The molecule has 0 aromatic heterocycles. The third-order valence-corrected chi connectivity index (χ3v) is 4.39. The summed E-state index contributed by atoms with van der Waals surface area (Å²) < 4.78 is 33.8. The molecule has 110 valence electrons. The van der Waals surface area contributed by atoms with Crippen molar-refractivity contribution in [3.05, 3.63) is 0 Å². The largest absolute Gasteiger partial charge is 0.376 e. The lowest BCUT2D eigenvalue weighted by molar-refractivity contribution is -0.148. The van der Waals surface area contributed by atoms with Gasteiger partial charge in [-0.05, 0) is 19.8 Å². The van der Waals surface area contributed by atoms with E-state index in [9.17, 15) is 13.2 Å². The second-order valence-electron chi connectivity index (χ2n) is 5.13. The second kappa shape index (κ2) is 5.76. The van der Waals surface area contributed by atoms with Crippen LogP contribution in [0.1, 0.15) is 19.8 Å². The number of amides is 1. The van der Waals surface area contributed by atoms with E-state index in [0.29, 0.717) is 19.8 Å². The van der Waals surface area contributed by atoms with Crippen LogP contribution in [0.25, 0.3) is 0 Å². The lowest BCUT2D eigenvalue weighted by Crippen LogP contribution is -2.55. The number of carbonyl (C=O) groups excluding carboxylic acids is 1. The van der Waals surface area contributed by atoms with Crippen molar-refractivity contribution >= 4 is 15.7 Å². The third kappa shape index (κ3) is 3.46. The van der Waals surface area contributed by atoms with Gasteiger partial charge in [0.1, 0.15) is 11.9 Å². The normalized spacial score (nSPS) is 31.3. The van der Waals surface area contributed by atoms with Gasteiger partial charge in [-0.1, -0.05) is 0 Å². The van der Waals surface area contributed by atoms with E-state index in [1.165, 1.54) is 0 Å². The van der Waals surface area contributed by atoms with Crippen LogP contribution in [0.5, 0.6) is 0 Å². The number of morpholine rings is 1. The molecule has 1 amide bonds. The van der Waals surface area contributed by atoms with Gasteiger partial charge in [-0.2, -0.15) is 0 Å². The Balaban J connectivity index is 2.05. The van der Waals surface area contributed by atoms with Crippen molar-refractivity contribution in [3.8, 4) is 0 Å². The summed E-state index contributed by atoms with van der Waals surface area (Å²) in [6.45, 7) is 3.46. The van der Waals surface area contributed by atoms with E-state index >= 15 is 0 Å². The van der Waals surface area contributed by atoms with Gasteiger partial charge in [0, 0.05) is 19.4 Å². The van der Waals surface area contributed by atoms with Gasteiger partial charge in [-0.25, -0.2) is 8.42 Å². The highest BCUT2D eigenvalue weighted by Gasteiger charge is 2.45. The van der Waals surface area contributed by atoms with E-state index in [1.807, 2.05) is 6.92 Å². The van der Waals surface area contributed by atoms with E-state index < -0.39 is 15.6 Å². The minimum absolute atomic E-state index is 0.0174. The smallest absolute Gasteiger partial charge is 0.238 e. The minimum Gasteiger partial charge on any atom is -0.376 e. The molecule has 0 N–H and O–H groups in total. The van der Waals surface area contributed by atoms with Gasteiger partial charge in [0.05, 0.1) is 18.8 Å². The number of sulfone groups is 1. The first-order valence-electron chi connectivity index (χ1n) is 6.62. The standard InChI is InChI=1S/C12H21NO5S/c1-3-17-10-5-4-9-12(10)18-7-6-13(9)11(14)8-19(2,15)16/h9-10,12H,3-8H2,1-2H3/t9-,10+,12+/m0/s1. The SMILES string of the molecule is CCO[C@@H]1CC[C@H]2[C@H]1OCCN2C(=O)CS(C)(=O)=O. The summed E-state index contributed by atoms with van der Waals surface area (Å²) in [4.78, 5) is 13.7. The van der Waals surface area contributed by atoms with Gasteiger partial charge in [0.15, 0.2) is 9.84 Å². The molecule has 1 aliphatic heterocycles. The molecule has 1 saturated heterocycles. The van der Waals surface area contributed by atoms with Crippen LogP contribution in [0.4, 0.5) is 0 Å². The van der Waals surface area contributed by atoms with E-state index in [2.05, 4.69) is 0 Å². The highest BCUT2D eigenvalue weighted by molar-refractivity contribution is 7.91. The van der Waals surface area contributed by atoms with Gasteiger partial charge < -0.3 is 14.4 Å². The molecule has 2 rings (SSSR count). The number of nitrogens with zero attached hydrogens (tertiary/aromatic N) is 1. The first kappa shape index (κ1) is 14.7. The summed E-state index contributed by atoms with van der Waals surface area (Å²) in [5.41, 5.74) is 0. The monoisotopic (exact) mass is 291 g/mol. The van der Waals surface area contributed by atoms with Crippen LogP contribution in [0.2, 0.25) is 0 Å². The second-order valence-corrected chi connectivity index (χ2v) is 7.27. The van der Waals surface area contributed by atoms with Crippen LogP contribution in [0.3, 0.4) is 0 Å². The van der Waals surface area contributed by atoms with Gasteiger partial charge >= 0.3 is 0 Å². The number of carbonyl (C=O) groups is 1. The number of rotatable bonds is 4. The molecule has 1 aliphatic carbocycles. The molecule has 19 heavy (non-hydrogen) atoms. The summed E-state index contributed by atoms with van der Waals surface area (Å²) in [6, 6.07) is -0.0421. The molecule has 0 aromatic rings. The summed E-state index contributed by atoms with van der Waals surface area (Å²) in [5, 5.41) is 0. The number of ether oxygens (including phenoxy) is 2. The maximum absolute atomic E-state index is 12.1. The van der Waals surface area contributed by atoms with Crippen molar-refractivity contribution in [3.63, 3.8) is 0 Å². The molecule has 3 atom stereocenters. The first-order valence-corrected chi connectivity index (χ1v) is 8.69. The van der Waals surface area contributed by atoms with Gasteiger partial charge in [-0.3, -0.25) is 4.79 Å². The molecule has 0 spiro atoms. The van der Waals surface area contributed by atoms with Crippen molar-refractivity contribution in [2.75, 3.05) is 31.8 Å². The number of hydrogen-bond acceptors (Lipinski definition) is 5. The summed E-state index contributed by atoms with van der Waals surface area (Å²) >= 11 is 0. The van der Waals surface area contributed by atoms with Crippen LogP contribution in [-0.4, -0.2) is 69.2 Å². The molecule has 1 saturated carbocycles. The van der Waals surface area contributed by atoms with Crippen molar-refractivity contribution in [2.45, 2.75) is 38.0 Å². The summed E-state index contributed by atoms with van der Waals surface area (Å²) in [5.74, 6) is -0.742. The van der Waals surface area contributed by atoms with Crippen LogP contribution < -0.4 is 0 Å². The molecule has 2 fully saturated rings. The Morgan fingerprint density at radius 3 is 2.79 bits per heavy atom.